The molecule has 2 heterocycles. The van der Waals surface area contributed by atoms with Crippen molar-refractivity contribution in [2.24, 2.45) is 0 Å². The number of carbonyl (C=O) groups is 1. The number of carbonyl (C=O) groups excluding carboxylic acids is 1. The summed E-state index contributed by atoms with van der Waals surface area (Å²) in [5.41, 5.74) is 1.56. The predicted octanol–water partition coefficient (Wildman–Crippen LogP) is 3.66. The first-order chi connectivity index (χ1) is 12.1. The Morgan fingerprint density at radius 1 is 1.24 bits per heavy atom. The number of nitrogens with one attached hydrogen (secondary N) is 1. The van der Waals surface area contributed by atoms with E-state index in [-0.39, 0.29) is 5.91 Å². The van der Waals surface area contributed by atoms with E-state index in [2.05, 4.69) is 10.3 Å². The lowest BCUT2D eigenvalue weighted by molar-refractivity contribution is 0.0951. The van der Waals surface area contributed by atoms with Crippen LogP contribution in [0.1, 0.15) is 21.1 Å². The molecule has 6 nitrogen and oxygen atoms in total. The van der Waals surface area contributed by atoms with Gasteiger partial charge in [-0.3, -0.25) is 4.79 Å². The lowest BCUT2D eigenvalue weighted by atomic mass is 10.2. The van der Waals surface area contributed by atoms with Crippen LogP contribution in [-0.4, -0.2) is 25.1 Å². The third-order valence-corrected chi connectivity index (χ3v) is 4.84. The topological polar surface area (TPSA) is 73.6 Å². The van der Waals surface area contributed by atoms with Crippen LogP contribution in [-0.2, 0) is 6.54 Å². The smallest absolute Gasteiger partial charge is 0.263 e. The van der Waals surface area contributed by atoms with Crippen molar-refractivity contribution in [1.82, 2.24) is 10.3 Å². The first-order valence-electron chi connectivity index (χ1n) is 7.62. The van der Waals surface area contributed by atoms with Crippen LogP contribution in [0.15, 0.2) is 41.0 Å². The second-order valence-electron chi connectivity index (χ2n) is 5.27. The van der Waals surface area contributed by atoms with Crippen molar-refractivity contribution < 1.29 is 18.7 Å². The number of methoxy groups -OCH3 is 2. The Kier molecular flexibility index (Phi) is 5.04. The molecule has 130 valence electrons. The van der Waals surface area contributed by atoms with Crippen molar-refractivity contribution in [3.05, 3.63) is 52.9 Å². The van der Waals surface area contributed by atoms with Gasteiger partial charge in [0, 0.05) is 5.56 Å². The number of aromatic nitrogens is 1. The van der Waals surface area contributed by atoms with E-state index in [0.29, 0.717) is 34.4 Å². The van der Waals surface area contributed by atoms with Crippen molar-refractivity contribution in [2.45, 2.75) is 13.5 Å². The quantitative estimate of drug-likeness (QED) is 0.728. The van der Waals surface area contributed by atoms with Gasteiger partial charge in [0.2, 0.25) is 0 Å². The van der Waals surface area contributed by atoms with Crippen LogP contribution < -0.4 is 14.8 Å². The average Bonchev–Trinajstić information content (AvgIpc) is 3.28. The molecule has 3 rings (SSSR count). The molecule has 1 amide bonds. The summed E-state index contributed by atoms with van der Waals surface area (Å²) in [5, 5.41) is 3.59. The van der Waals surface area contributed by atoms with Crippen LogP contribution in [0, 0.1) is 6.92 Å². The Morgan fingerprint density at radius 3 is 2.72 bits per heavy atom. The van der Waals surface area contributed by atoms with Gasteiger partial charge in [-0.1, -0.05) is 0 Å². The molecule has 0 aliphatic heterocycles. The summed E-state index contributed by atoms with van der Waals surface area (Å²) in [6.45, 7) is 2.16. The highest BCUT2D eigenvalue weighted by Gasteiger charge is 2.17. The molecular weight excluding hydrogens is 340 g/mol. The van der Waals surface area contributed by atoms with E-state index in [1.807, 2.05) is 31.2 Å². The minimum atomic E-state index is -0.168. The maximum atomic E-state index is 12.4. The van der Waals surface area contributed by atoms with Gasteiger partial charge >= 0.3 is 0 Å². The minimum Gasteiger partial charge on any atom is -0.493 e. The molecule has 0 bridgehead atoms. The van der Waals surface area contributed by atoms with E-state index < -0.39 is 0 Å². The normalized spacial score (nSPS) is 10.5. The number of aryl methyl sites for hydroxylation is 1. The van der Waals surface area contributed by atoms with Crippen molar-refractivity contribution in [2.75, 3.05) is 14.2 Å². The monoisotopic (exact) mass is 358 g/mol. The van der Waals surface area contributed by atoms with E-state index in [1.165, 1.54) is 11.3 Å². The maximum Gasteiger partial charge on any atom is 0.263 e. The van der Waals surface area contributed by atoms with Crippen LogP contribution in [0.5, 0.6) is 11.5 Å². The number of benzene rings is 1. The van der Waals surface area contributed by atoms with Crippen molar-refractivity contribution in [3.63, 3.8) is 0 Å². The van der Waals surface area contributed by atoms with Crippen LogP contribution in [0.2, 0.25) is 0 Å². The second kappa shape index (κ2) is 7.40. The largest absolute Gasteiger partial charge is 0.493 e. The molecule has 3 aromatic rings. The van der Waals surface area contributed by atoms with Gasteiger partial charge in [0.05, 0.1) is 32.7 Å². The van der Waals surface area contributed by atoms with Crippen LogP contribution in [0.3, 0.4) is 0 Å². The third kappa shape index (κ3) is 3.66. The number of hydrogen-bond acceptors (Lipinski definition) is 6. The van der Waals surface area contributed by atoms with Gasteiger partial charge in [-0.05, 0) is 37.3 Å². The molecule has 0 aliphatic rings. The highest BCUT2D eigenvalue weighted by Crippen LogP contribution is 2.34. The van der Waals surface area contributed by atoms with E-state index >= 15 is 0 Å². The number of ether oxygens (including phenoxy) is 2. The van der Waals surface area contributed by atoms with Crippen LogP contribution in [0.4, 0.5) is 0 Å². The Bertz CT molecular complexity index is 871. The molecule has 0 radical (unpaired) electrons. The minimum absolute atomic E-state index is 0.168. The lowest BCUT2D eigenvalue weighted by Gasteiger charge is -2.08. The first kappa shape index (κ1) is 17.0. The zero-order valence-electron chi connectivity index (χ0n) is 14.2. The van der Waals surface area contributed by atoms with Gasteiger partial charge in [-0.25, -0.2) is 4.98 Å². The van der Waals surface area contributed by atoms with E-state index in [9.17, 15) is 4.79 Å². The zero-order chi connectivity index (χ0) is 17.8. The summed E-state index contributed by atoms with van der Waals surface area (Å²) >= 11 is 1.34. The molecular formula is C18H18N2O4S. The van der Waals surface area contributed by atoms with Gasteiger partial charge in [0.15, 0.2) is 11.5 Å². The van der Waals surface area contributed by atoms with Crippen LogP contribution >= 0.6 is 11.3 Å². The third-order valence-electron chi connectivity index (χ3n) is 3.64. The van der Waals surface area contributed by atoms with Gasteiger partial charge in [-0.15, -0.1) is 11.3 Å². The zero-order valence-corrected chi connectivity index (χ0v) is 15.0. The fourth-order valence-corrected chi connectivity index (χ4v) is 3.34. The molecule has 1 N–H and O–H groups in total. The van der Waals surface area contributed by atoms with Gasteiger partial charge in [0.1, 0.15) is 15.6 Å². The second-order valence-corrected chi connectivity index (χ2v) is 6.26. The summed E-state index contributed by atoms with van der Waals surface area (Å²) in [6.07, 6.45) is 1.58. The number of rotatable bonds is 6. The van der Waals surface area contributed by atoms with Gasteiger partial charge < -0.3 is 19.2 Å². The Morgan fingerprint density at radius 2 is 2.04 bits per heavy atom. The Hall–Kier alpha value is -2.80. The molecule has 0 fully saturated rings. The van der Waals surface area contributed by atoms with Crippen LogP contribution in [0.25, 0.3) is 10.6 Å². The van der Waals surface area contributed by atoms with Gasteiger partial charge in [0.25, 0.3) is 5.91 Å². The standard InChI is InChI=1S/C18H18N2O4S/c1-11-16(17(21)19-10-13-5-4-8-24-13)25-18(20-11)12-6-7-14(22-2)15(9-12)23-3/h4-9H,10H2,1-3H3,(H,19,21). The van der Waals surface area contributed by atoms with E-state index in [4.69, 9.17) is 13.9 Å². The summed E-state index contributed by atoms with van der Waals surface area (Å²) < 4.78 is 15.8. The fourth-order valence-electron chi connectivity index (χ4n) is 2.36. The van der Waals surface area contributed by atoms with E-state index in [0.717, 1.165) is 10.6 Å². The highest BCUT2D eigenvalue weighted by atomic mass is 32.1. The Balaban J connectivity index is 1.81. The number of amides is 1. The van der Waals surface area contributed by atoms with Crippen molar-refractivity contribution in [1.29, 1.82) is 0 Å². The number of nitrogens with zero attached hydrogens (tertiary/aromatic N) is 1. The molecule has 0 saturated carbocycles. The van der Waals surface area contributed by atoms with E-state index in [1.54, 1.807) is 26.5 Å². The molecule has 0 atom stereocenters. The number of furan rings is 1. The fraction of sp³-hybridized carbons (Fsp3) is 0.222. The molecule has 0 spiro atoms. The first-order valence-corrected chi connectivity index (χ1v) is 8.44. The molecule has 0 aliphatic carbocycles. The maximum absolute atomic E-state index is 12.4. The lowest BCUT2D eigenvalue weighted by Crippen LogP contribution is -2.22. The summed E-state index contributed by atoms with van der Waals surface area (Å²) in [6, 6.07) is 9.16. The van der Waals surface area contributed by atoms with Gasteiger partial charge in [-0.2, -0.15) is 0 Å². The average molecular weight is 358 g/mol. The summed E-state index contributed by atoms with van der Waals surface area (Å²) in [5.74, 6) is 1.81. The molecule has 25 heavy (non-hydrogen) atoms. The molecule has 2 aromatic heterocycles. The molecule has 0 saturated heterocycles. The molecule has 1 aromatic carbocycles. The highest BCUT2D eigenvalue weighted by molar-refractivity contribution is 7.17. The predicted molar refractivity (Wildman–Crippen MR) is 95.3 cm³/mol. The Labute approximate surface area is 149 Å². The molecule has 7 heteroatoms. The summed E-state index contributed by atoms with van der Waals surface area (Å²) in [4.78, 5) is 17.5. The number of thiazole rings is 1. The summed E-state index contributed by atoms with van der Waals surface area (Å²) in [7, 11) is 3.18. The van der Waals surface area contributed by atoms with Crippen molar-refractivity contribution >= 4 is 17.2 Å². The SMILES string of the molecule is COc1ccc(-c2nc(C)c(C(=O)NCc3ccco3)s2)cc1OC. The number of hydrogen-bond donors (Lipinski definition) is 1. The molecule has 0 unspecified atom stereocenters. The van der Waals surface area contributed by atoms with Crippen molar-refractivity contribution in [3.8, 4) is 22.1 Å².